The smallest absolute Gasteiger partial charge is 0.0648 e. The fraction of sp³-hybridized carbons (Fsp3) is 0.143. The number of rotatable bonds is 0. The van der Waals surface area contributed by atoms with Crippen molar-refractivity contribution in [3.63, 3.8) is 0 Å². The highest BCUT2D eigenvalue weighted by Gasteiger charge is 2.59. The fourth-order valence-corrected chi connectivity index (χ4v) is 17.4. The second-order valence-electron chi connectivity index (χ2n) is 14.7. The van der Waals surface area contributed by atoms with Crippen LogP contribution in [0.2, 0.25) is 0 Å². The maximum Gasteiger partial charge on any atom is 0.242 e. The molecule has 6 aliphatic heterocycles. The zero-order valence-electron chi connectivity index (χ0n) is 25.7. The Morgan fingerprint density at radius 1 is 0.378 bits per heavy atom. The summed E-state index contributed by atoms with van der Waals surface area (Å²) in [5.74, 6) is 0. The van der Waals surface area contributed by atoms with Crippen molar-refractivity contribution in [2.75, 3.05) is 0 Å². The zero-order valence-corrected chi connectivity index (χ0v) is 26.7. The van der Waals surface area contributed by atoms with Gasteiger partial charge in [-0.25, -0.2) is 0 Å². The van der Waals surface area contributed by atoms with Crippen molar-refractivity contribution in [3.8, 4) is 0 Å². The highest BCUT2D eigenvalue weighted by molar-refractivity contribution is 7.31. The number of aryl methyl sites for hydroxylation is 2. The molecule has 0 nitrogen and oxygen atoms in total. The average molecular weight is 584 g/mol. The molecule has 3 heteroatoms. The van der Waals surface area contributed by atoms with E-state index in [4.69, 9.17) is 0 Å². The third kappa shape index (κ3) is 2.51. The molecule has 12 rings (SSSR count). The molecule has 0 saturated carbocycles. The van der Waals surface area contributed by atoms with Crippen molar-refractivity contribution < 1.29 is 0 Å². The van der Waals surface area contributed by atoms with E-state index < -0.39 is 8.07 Å². The minimum Gasteiger partial charge on any atom is -0.0648 e. The molecular weight excluding hydrogens is 554 g/mol. The molecule has 208 valence electrons. The average Bonchev–Trinajstić information content (AvgIpc) is 3.07. The molecule has 0 aromatic heterocycles. The standard InChI is InChI=1S/C42H30B2Si/c1-23-15-17-29-19-25-7-3-11-33-39(25)43-37(29)31(23)21-27-9-5-13-35(41(27)43)45(33)34-12-4-8-26-20-30-18-16-24(2)32-22-28-10-6-14-36(45)42(28)44(38(30)32)40(26)34/h3-18H,19-22H2,1-2H3. The SMILES string of the molecule is Cc1ccc2c3c1Cc1cccc4c1B3c1c(cccc1[Si]41c3cccc4c3B3c5c(cccc51)Cc1c(C)ccc(c13)C4)C2. The highest BCUT2D eigenvalue weighted by atomic mass is 28.3. The predicted molar refractivity (Wildman–Crippen MR) is 193 cm³/mol. The number of hydrogen-bond acceptors (Lipinski definition) is 0. The predicted octanol–water partition coefficient (Wildman–Crippen LogP) is 0.957. The van der Waals surface area contributed by atoms with Crippen LogP contribution in [0.5, 0.6) is 0 Å². The molecule has 0 aliphatic carbocycles. The van der Waals surface area contributed by atoms with E-state index in [2.05, 4.69) is 111 Å². The Bertz CT molecular complexity index is 2220. The van der Waals surface area contributed by atoms with Gasteiger partial charge in [-0.2, -0.15) is 0 Å². The molecule has 0 unspecified atom stereocenters. The molecule has 0 fully saturated rings. The summed E-state index contributed by atoms with van der Waals surface area (Å²) < 4.78 is 0. The van der Waals surface area contributed by atoms with Crippen LogP contribution in [0.4, 0.5) is 0 Å². The molecule has 45 heavy (non-hydrogen) atoms. The molecular formula is C42H30B2Si. The second kappa shape index (κ2) is 7.72. The Morgan fingerprint density at radius 2 is 0.711 bits per heavy atom. The van der Waals surface area contributed by atoms with Crippen LogP contribution in [0.1, 0.15) is 55.6 Å². The molecule has 0 atom stereocenters. The first kappa shape index (κ1) is 24.0. The third-order valence-corrected chi connectivity index (χ3v) is 18.0. The van der Waals surface area contributed by atoms with Crippen LogP contribution in [0.3, 0.4) is 0 Å². The van der Waals surface area contributed by atoms with Crippen LogP contribution in [-0.2, 0) is 25.7 Å². The third-order valence-electron chi connectivity index (χ3n) is 13.0. The van der Waals surface area contributed by atoms with Crippen LogP contribution >= 0.6 is 0 Å². The maximum absolute atomic E-state index is 2.64. The Morgan fingerprint density at radius 3 is 1.09 bits per heavy atom. The first-order valence-corrected chi connectivity index (χ1v) is 18.9. The van der Waals surface area contributed by atoms with Gasteiger partial charge in [-0.3, -0.25) is 0 Å². The maximum atomic E-state index is 2.59. The lowest BCUT2D eigenvalue weighted by Gasteiger charge is -2.53. The first-order chi connectivity index (χ1) is 22.1. The van der Waals surface area contributed by atoms with Gasteiger partial charge in [0.25, 0.3) is 0 Å². The van der Waals surface area contributed by atoms with Crippen LogP contribution in [0.15, 0.2) is 97.1 Å². The van der Waals surface area contributed by atoms with Gasteiger partial charge in [0.05, 0.1) is 0 Å². The molecule has 6 aromatic rings. The van der Waals surface area contributed by atoms with Gasteiger partial charge < -0.3 is 0 Å². The molecule has 6 aromatic carbocycles. The number of hydrogen-bond donors (Lipinski definition) is 0. The summed E-state index contributed by atoms with van der Waals surface area (Å²) in [5, 5.41) is 6.71. The van der Waals surface area contributed by atoms with Gasteiger partial charge in [-0.1, -0.05) is 130 Å². The van der Waals surface area contributed by atoms with Crippen molar-refractivity contribution in [2.24, 2.45) is 0 Å². The van der Waals surface area contributed by atoms with Gasteiger partial charge in [0.15, 0.2) is 8.07 Å². The van der Waals surface area contributed by atoms with E-state index in [1.807, 2.05) is 0 Å². The summed E-state index contributed by atoms with van der Waals surface area (Å²) in [7, 11) is -2.64. The van der Waals surface area contributed by atoms with Gasteiger partial charge in [0.2, 0.25) is 13.4 Å². The summed E-state index contributed by atoms with van der Waals surface area (Å²) in [4.78, 5) is 0. The molecule has 0 saturated heterocycles. The lowest BCUT2D eigenvalue weighted by Crippen LogP contribution is -2.95. The summed E-state index contributed by atoms with van der Waals surface area (Å²) >= 11 is 0. The number of benzene rings is 6. The minimum atomic E-state index is -2.64. The lowest BCUT2D eigenvalue weighted by molar-refractivity contribution is 1.12. The Labute approximate surface area is 266 Å². The van der Waals surface area contributed by atoms with E-state index in [-0.39, 0.29) is 0 Å². The van der Waals surface area contributed by atoms with E-state index in [1.165, 1.54) is 11.1 Å². The lowest BCUT2D eigenvalue weighted by atomic mass is 9.30. The monoisotopic (exact) mass is 584 g/mol. The fourth-order valence-electron chi connectivity index (χ4n) is 11.4. The topological polar surface area (TPSA) is 0 Å². The van der Waals surface area contributed by atoms with Crippen LogP contribution in [-0.4, -0.2) is 21.5 Å². The largest absolute Gasteiger partial charge is 0.242 e. The second-order valence-corrected chi connectivity index (χ2v) is 18.4. The first-order valence-electron chi connectivity index (χ1n) is 16.9. The van der Waals surface area contributed by atoms with E-state index in [0.717, 1.165) is 25.7 Å². The summed E-state index contributed by atoms with van der Waals surface area (Å²) in [6.45, 7) is 5.40. The zero-order chi connectivity index (χ0) is 29.3. The van der Waals surface area contributed by atoms with Crippen molar-refractivity contribution in [3.05, 3.63) is 153 Å². The van der Waals surface area contributed by atoms with Crippen molar-refractivity contribution in [2.45, 2.75) is 39.5 Å². The quantitative estimate of drug-likeness (QED) is 0.233. The van der Waals surface area contributed by atoms with Crippen molar-refractivity contribution in [1.82, 2.24) is 0 Å². The van der Waals surface area contributed by atoms with Crippen LogP contribution in [0.25, 0.3) is 0 Å². The van der Waals surface area contributed by atoms with E-state index in [0.29, 0.717) is 13.4 Å². The molecule has 0 amide bonds. The molecule has 1 spiro atoms. The van der Waals surface area contributed by atoms with Gasteiger partial charge in [-0.05, 0) is 116 Å². The van der Waals surface area contributed by atoms with Crippen LogP contribution in [0, 0.1) is 13.8 Å². The van der Waals surface area contributed by atoms with Gasteiger partial charge in [0.1, 0.15) is 0 Å². The Balaban J connectivity index is 1.29. The molecule has 0 bridgehead atoms. The van der Waals surface area contributed by atoms with E-state index in [9.17, 15) is 0 Å². The highest BCUT2D eigenvalue weighted by Crippen LogP contribution is 2.30. The van der Waals surface area contributed by atoms with Crippen molar-refractivity contribution >= 4 is 75.0 Å². The van der Waals surface area contributed by atoms with Gasteiger partial charge in [-0.15, -0.1) is 0 Å². The van der Waals surface area contributed by atoms with E-state index in [1.54, 1.807) is 98.0 Å². The summed E-state index contributed by atoms with van der Waals surface area (Å²) in [6.07, 6.45) is 4.25. The molecule has 6 heterocycles. The number of fused-ring (bicyclic) bond motifs is 4. The van der Waals surface area contributed by atoms with Gasteiger partial charge in [0, 0.05) is 0 Å². The summed E-state index contributed by atoms with van der Waals surface area (Å²) in [6, 6.07) is 39.5. The van der Waals surface area contributed by atoms with Gasteiger partial charge >= 0.3 is 0 Å². The molecule has 6 aliphatic rings. The Hall–Kier alpha value is -4.33. The minimum absolute atomic E-state index is 0.361. The van der Waals surface area contributed by atoms with Crippen LogP contribution < -0.4 is 53.5 Å². The van der Waals surface area contributed by atoms with Crippen molar-refractivity contribution in [1.29, 1.82) is 0 Å². The Kier molecular flexibility index (Phi) is 4.11. The molecule has 0 N–H and O–H groups in total. The molecule has 0 radical (unpaired) electrons. The van der Waals surface area contributed by atoms with E-state index >= 15 is 0 Å². The normalized spacial score (nSPS) is 16.8. The summed E-state index contributed by atoms with van der Waals surface area (Å²) in [5.41, 5.74) is 25.4.